The molecule has 3 rings (SSSR count). The third kappa shape index (κ3) is 4.71. The Morgan fingerprint density at radius 3 is 2.41 bits per heavy atom. The second-order valence-electron chi connectivity index (χ2n) is 6.83. The van der Waals surface area contributed by atoms with Gasteiger partial charge in [-0.2, -0.15) is 4.31 Å². The number of hydrogen-bond acceptors (Lipinski definition) is 4. The first kappa shape index (κ1) is 21.5. The first-order chi connectivity index (χ1) is 13.7. The Bertz CT molecular complexity index is 1010. The van der Waals surface area contributed by atoms with Gasteiger partial charge in [0.2, 0.25) is 10.0 Å². The summed E-state index contributed by atoms with van der Waals surface area (Å²) in [6.07, 6.45) is -0.732. The zero-order chi connectivity index (χ0) is 21.2. The molecule has 0 unspecified atom stereocenters. The molecule has 1 aliphatic rings. The number of amides is 1. The second-order valence-corrected chi connectivity index (χ2v) is 9.17. The highest BCUT2D eigenvalue weighted by Gasteiger charge is 2.33. The van der Waals surface area contributed by atoms with E-state index in [2.05, 4.69) is 0 Å². The van der Waals surface area contributed by atoms with Crippen molar-refractivity contribution in [1.82, 2.24) is 9.21 Å². The van der Waals surface area contributed by atoms with Crippen molar-refractivity contribution in [2.75, 3.05) is 26.2 Å². The summed E-state index contributed by atoms with van der Waals surface area (Å²) in [5, 5.41) is 0.584. The Labute approximate surface area is 174 Å². The maximum absolute atomic E-state index is 13.9. The van der Waals surface area contributed by atoms with Crippen LogP contribution < -0.4 is 4.74 Å². The van der Waals surface area contributed by atoms with Crippen LogP contribution in [0.25, 0.3) is 0 Å². The largest absolute Gasteiger partial charge is 0.481 e. The molecule has 0 bridgehead atoms. The summed E-state index contributed by atoms with van der Waals surface area (Å²) in [5.41, 5.74) is 0.818. The van der Waals surface area contributed by atoms with Gasteiger partial charge in [-0.15, -0.1) is 0 Å². The number of aryl methyl sites for hydroxylation is 1. The molecule has 2 aromatic rings. The van der Waals surface area contributed by atoms with E-state index in [0.717, 1.165) is 11.6 Å². The molecule has 0 saturated carbocycles. The molecule has 0 aliphatic carbocycles. The van der Waals surface area contributed by atoms with E-state index in [0.29, 0.717) is 10.8 Å². The predicted octanol–water partition coefficient (Wildman–Crippen LogP) is 3.09. The summed E-state index contributed by atoms with van der Waals surface area (Å²) in [6.45, 7) is 4.09. The first-order valence-electron chi connectivity index (χ1n) is 9.16. The van der Waals surface area contributed by atoms with Crippen LogP contribution in [0.3, 0.4) is 0 Å². The van der Waals surface area contributed by atoms with Crippen molar-refractivity contribution in [2.45, 2.75) is 24.8 Å². The van der Waals surface area contributed by atoms with E-state index in [1.54, 1.807) is 30.0 Å². The lowest BCUT2D eigenvalue weighted by molar-refractivity contribution is -0.139. The van der Waals surface area contributed by atoms with Gasteiger partial charge in [0.25, 0.3) is 5.91 Å². The first-order valence-corrected chi connectivity index (χ1v) is 11.0. The number of benzene rings is 2. The van der Waals surface area contributed by atoms with Gasteiger partial charge in [-0.3, -0.25) is 4.79 Å². The van der Waals surface area contributed by atoms with Crippen molar-refractivity contribution in [2.24, 2.45) is 0 Å². The summed E-state index contributed by atoms with van der Waals surface area (Å²) in [7, 11) is -3.94. The number of carbonyl (C=O) groups excluding carboxylic acids is 1. The molecule has 0 radical (unpaired) electrons. The molecule has 1 amide bonds. The Balaban J connectivity index is 1.62. The average molecular weight is 441 g/mol. The predicted molar refractivity (Wildman–Crippen MR) is 108 cm³/mol. The van der Waals surface area contributed by atoms with Gasteiger partial charge < -0.3 is 9.64 Å². The van der Waals surface area contributed by atoms with E-state index in [-0.39, 0.29) is 37.0 Å². The fraction of sp³-hybridized carbons (Fsp3) is 0.350. The number of piperazine rings is 1. The van der Waals surface area contributed by atoms with E-state index in [9.17, 15) is 17.6 Å². The maximum Gasteiger partial charge on any atom is 0.263 e. The van der Waals surface area contributed by atoms with Crippen LogP contribution in [-0.2, 0) is 14.8 Å². The summed E-state index contributed by atoms with van der Waals surface area (Å²) in [6, 6.07) is 10.4. The van der Waals surface area contributed by atoms with Gasteiger partial charge in [0.05, 0.1) is 0 Å². The van der Waals surface area contributed by atoms with Crippen LogP contribution >= 0.6 is 11.6 Å². The molecule has 1 heterocycles. The fourth-order valence-corrected chi connectivity index (χ4v) is 4.90. The average Bonchev–Trinajstić information content (AvgIpc) is 2.69. The van der Waals surface area contributed by atoms with Crippen LogP contribution in [0.1, 0.15) is 12.5 Å². The number of ether oxygens (including phenoxy) is 1. The minimum absolute atomic E-state index is 0.0924. The highest BCUT2D eigenvalue weighted by atomic mass is 35.5. The molecule has 1 saturated heterocycles. The van der Waals surface area contributed by atoms with Gasteiger partial charge in [-0.05, 0) is 49.7 Å². The van der Waals surface area contributed by atoms with Crippen LogP contribution in [-0.4, -0.2) is 55.8 Å². The molecular weight excluding hydrogens is 419 g/mol. The van der Waals surface area contributed by atoms with Gasteiger partial charge >= 0.3 is 0 Å². The van der Waals surface area contributed by atoms with Crippen molar-refractivity contribution in [3.63, 3.8) is 0 Å². The van der Waals surface area contributed by atoms with E-state index < -0.39 is 21.9 Å². The lowest BCUT2D eigenvalue weighted by Crippen LogP contribution is -2.53. The lowest BCUT2D eigenvalue weighted by atomic mass is 10.2. The zero-order valence-corrected chi connectivity index (χ0v) is 17.7. The second kappa shape index (κ2) is 8.69. The molecule has 0 spiro atoms. The van der Waals surface area contributed by atoms with Gasteiger partial charge in [0, 0.05) is 31.2 Å². The number of hydrogen-bond donors (Lipinski definition) is 0. The van der Waals surface area contributed by atoms with E-state index in [1.165, 1.54) is 22.5 Å². The SMILES string of the molecule is Cc1cc(Cl)ccc1O[C@@H](C)C(=O)N1CCN(S(=O)(=O)c2ccccc2F)CC1. The maximum atomic E-state index is 13.9. The minimum atomic E-state index is -3.94. The molecule has 6 nitrogen and oxygen atoms in total. The van der Waals surface area contributed by atoms with Crippen molar-refractivity contribution in [3.8, 4) is 5.75 Å². The van der Waals surface area contributed by atoms with Crippen molar-refractivity contribution in [1.29, 1.82) is 0 Å². The quantitative estimate of drug-likeness (QED) is 0.716. The number of nitrogens with zero attached hydrogens (tertiary/aromatic N) is 2. The summed E-state index contributed by atoms with van der Waals surface area (Å²) in [5.74, 6) is -0.454. The molecular formula is C20H22ClFN2O4S. The summed E-state index contributed by atoms with van der Waals surface area (Å²) >= 11 is 5.93. The van der Waals surface area contributed by atoms with Gasteiger partial charge in [-0.1, -0.05) is 23.7 Å². The van der Waals surface area contributed by atoms with Gasteiger partial charge in [0.15, 0.2) is 6.10 Å². The van der Waals surface area contributed by atoms with Crippen LogP contribution in [0, 0.1) is 12.7 Å². The highest BCUT2D eigenvalue weighted by molar-refractivity contribution is 7.89. The molecule has 2 aromatic carbocycles. The van der Waals surface area contributed by atoms with Crippen LogP contribution in [0.4, 0.5) is 4.39 Å². The van der Waals surface area contributed by atoms with E-state index in [1.807, 2.05) is 6.92 Å². The Morgan fingerprint density at radius 2 is 1.79 bits per heavy atom. The molecule has 29 heavy (non-hydrogen) atoms. The van der Waals surface area contributed by atoms with Crippen LogP contribution in [0.15, 0.2) is 47.4 Å². The number of rotatable bonds is 5. The molecule has 0 N–H and O–H groups in total. The molecule has 1 aliphatic heterocycles. The molecule has 0 aromatic heterocycles. The highest BCUT2D eigenvalue weighted by Crippen LogP contribution is 2.24. The monoisotopic (exact) mass is 440 g/mol. The molecule has 9 heteroatoms. The van der Waals surface area contributed by atoms with Crippen LogP contribution in [0.2, 0.25) is 5.02 Å². The van der Waals surface area contributed by atoms with E-state index in [4.69, 9.17) is 16.3 Å². The third-order valence-corrected chi connectivity index (χ3v) is 6.96. The van der Waals surface area contributed by atoms with Gasteiger partial charge in [-0.25, -0.2) is 12.8 Å². The zero-order valence-electron chi connectivity index (χ0n) is 16.1. The fourth-order valence-electron chi connectivity index (χ4n) is 3.18. The Morgan fingerprint density at radius 1 is 1.14 bits per heavy atom. The van der Waals surface area contributed by atoms with Crippen molar-refractivity contribution < 1.29 is 22.3 Å². The summed E-state index contributed by atoms with van der Waals surface area (Å²) < 4.78 is 46.2. The standard InChI is InChI=1S/C20H22ClFN2O4S/c1-14-13-16(21)7-8-18(14)28-15(2)20(25)23-9-11-24(12-10-23)29(26,27)19-6-4-3-5-17(19)22/h3-8,13,15H,9-12H2,1-2H3/t15-/m0/s1. The van der Waals surface area contributed by atoms with Crippen molar-refractivity contribution >= 4 is 27.5 Å². The Hall–Kier alpha value is -2.16. The van der Waals surface area contributed by atoms with Gasteiger partial charge in [0.1, 0.15) is 16.5 Å². The van der Waals surface area contributed by atoms with Crippen LogP contribution in [0.5, 0.6) is 5.75 Å². The summed E-state index contributed by atoms with van der Waals surface area (Å²) in [4.78, 5) is 13.9. The van der Waals surface area contributed by atoms with E-state index >= 15 is 0 Å². The normalized spacial score (nSPS) is 16.5. The third-order valence-electron chi connectivity index (χ3n) is 4.79. The topological polar surface area (TPSA) is 66.9 Å². The number of carbonyl (C=O) groups is 1. The molecule has 1 atom stereocenters. The molecule has 156 valence electrons. The smallest absolute Gasteiger partial charge is 0.263 e. The minimum Gasteiger partial charge on any atom is -0.481 e. The van der Waals surface area contributed by atoms with Crippen molar-refractivity contribution in [3.05, 3.63) is 58.9 Å². The molecule has 1 fully saturated rings. The Kier molecular flexibility index (Phi) is 6.45. The number of sulfonamides is 1. The lowest BCUT2D eigenvalue weighted by Gasteiger charge is -2.35. The number of halogens is 2.